The Morgan fingerprint density at radius 2 is 1.09 bits per heavy atom. The molecule has 0 aliphatic carbocycles. The Hall–Kier alpha value is -9.56. The first-order valence-corrected chi connectivity index (χ1v) is 32.4. The third kappa shape index (κ3) is 25.0. The number of carboxylic acids is 2. The van der Waals surface area contributed by atoms with Crippen molar-refractivity contribution in [3.63, 3.8) is 0 Å². The number of phenolic OH excluding ortho intramolecular Hbond substituents is 1. The number of amides is 9. The predicted molar refractivity (Wildman–Crippen MR) is 352 cm³/mol. The number of benzene rings is 4. The molecule has 1 aromatic heterocycles. The van der Waals surface area contributed by atoms with Crippen LogP contribution in [0.2, 0.25) is 0 Å². The molecule has 0 saturated carbocycles. The van der Waals surface area contributed by atoms with Gasteiger partial charge < -0.3 is 83.0 Å². The van der Waals surface area contributed by atoms with Crippen molar-refractivity contribution in [1.29, 1.82) is 0 Å². The minimum absolute atomic E-state index is 0.0200. The molecule has 510 valence electrons. The minimum atomic E-state index is -1.74. The summed E-state index contributed by atoms with van der Waals surface area (Å²) in [5.74, 6) is -9.33. The molecule has 6 rings (SSSR count). The highest BCUT2D eigenvalue weighted by Crippen LogP contribution is 2.31. The lowest BCUT2D eigenvalue weighted by Crippen LogP contribution is -2.61. The largest absolute Gasteiger partial charge is 0.508 e. The number of aliphatic imine (C=N–C) groups is 1. The van der Waals surface area contributed by atoms with Gasteiger partial charge in [-0.3, -0.25) is 48.1 Å². The van der Waals surface area contributed by atoms with Crippen molar-refractivity contribution >= 4 is 109 Å². The van der Waals surface area contributed by atoms with E-state index in [1.165, 1.54) is 54.3 Å². The standard InChI is InChI=1S/C64H80N12O17S2/c1-37(79)65-28-12-10-18-44(54(83)66-41-22-25-43-52(32-41)95-62(73-43)61-74-51(36-94-61)63(90)91)67-59(88)49(33-77)72-58(87)47(30-38-14-6-4-7-15-38)71-57(86)48(31-39-20-23-42(80)24-21-39)70-56(85)46(26-27-53(81)82)69-55(84)45(19-11-13-29-76(2)3)68-60(89)50(34-78)75-64(92)93-35-40-16-8-5-9-17-40/h4-9,14-17,20-25,32,44-51,77-78,80H,10-13,18-19,26-31,33-36H2,1-3H3,(H,65,79)(H,66,83)(H,67,88)(H,68,89)(H,69,84)(H,70,85)(H,71,86)(H,72,87)(H,75,92)(H,81,82)(H,90,91)/t44-,45-,46-,47-,48-,49-,50-,51+/m0/s1. The fourth-order valence-corrected chi connectivity index (χ4v) is 11.7. The molecule has 0 unspecified atom stereocenters. The van der Waals surface area contributed by atoms with Crippen LogP contribution in [0.5, 0.6) is 5.75 Å². The molecule has 29 nitrogen and oxygen atoms in total. The van der Waals surface area contributed by atoms with Crippen LogP contribution in [-0.2, 0) is 72.1 Å². The molecule has 1 aliphatic heterocycles. The number of carbonyl (C=O) groups is 11. The van der Waals surface area contributed by atoms with Gasteiger partial charge in [-0.15, -0.1) is 23.1 Å². The van der Waals surface area contributed by atoms with Gasteiger partial charge in [-0.25, -0.2) is 14.6 Å². The summed E-state index contributed by atoms with van der Waals surface area (Å²) in [4.78, 5) is 159. The number of ether oxygens (including phenoxy) is 1. The number of nitrogens with one attached hydrogen (secondary N) is 9. The van der Waals surface area contributed by atoms with Crippen molar-refractivity contribution in [2.24, 2.45) is 4.99 Å². The molecule has 14 N–H and O–H groups in total. The number of carbonyl (C=O) groups excluding carboxylic acids is 9. The van der Waals surface area contributed by atoms with Gasteiger partial charge in [-0.05, 0) is 113 Å². The lowest BCUT2D eigenvalue weighted by Gasteiger charge is -2.28. The van der Waals surface area contributed by atoms with E-state index in [0.717, 1.165) is 0 Å². The number of hydrogen-bond acceptors (Lipinski definition) is 20. The quantitative estimate of drug-likeness (QED) is 0.0249. The summed E-state index contributed by atoms with van der Waals surface area (Å²) in [5.41, 5.74) is 2.37. The van der Waals surface area contributed by atoms with E-state index in [4.69, 9.17) is 4.74 Å². The van der Waals surface area contributed by atoms with Gasteiger partial charge in [0.15, 0.2) is 6.04 Å². The average molecular weight is 1350 g/mol. The second-order valence-corrected chi connectivity index (χ2v) is 24.6. The summed E-state index contributed by atoms with van der Waals surface area (Å²) in [7, 11) is 3.66. The molecule has 0 saturated heterocycles. The lowest BCUT2D eigenvalue weighted by atomic mass is 10.0. The van der Waals surface area contributed by atoms with Gasteiger partial charge in [-0.2, -0.15) is 0 Å². The number of phenols is 1. The number of aliphatic carboxylic acids is 2. The van der Waals surface area contributed by atoms with Crippen LogP contribution in [-0.4, -0.2) is 200 Å². The number of carboxylic acid groups (broad SMARTS) is 2. The maximum absolute atomic E-state index is 14.8. The van der Waals surface area contributed by atoms with E-state index in [1.54, 1.807) is 78.9 Å². The highest BCUT2D eigenvalue weighted by Gasteiger charge is 2.35. The molecule has 1 aliphatic rings. The van der Waals surface area contributed by atoms with E-state index in [1.807, 2.05) is 19.0 Å². The van der Waals surface area contributed by atoms with Crippen molar-refractivity contribution in [1.82, 2.24) is 52.4 Å². The molecule has 0 bridgehead atoms. The number of thioether (sulfide) groups is 1. The zero-order valence-electron chi connectivity index (χ0n) is 52.5. The zero-order chi connectivity index (χ0) is 69.0. The molecule has 0 spiro atoms. The number of nitrogens with zero attached hydrogens (tertiary/aromatic N) is 3. The van der Waals surface area contributed by atoms with E-state index >= 15 is 0 Å². The summed E-state index contributed by atoms with van der Waals surface area (Å²) in [6.07, 6.45) is -1.29. The van der Waals surface area contributed by atoms with Crippen LogP contribution >= 0.6 is 23.1 Å². The fraction of sp³-hybridized carbons (Fsp3) is 0.422. The monoisotopic (exact) mass is 1350 g/mol. The summed E-state index contributed by atoms with van der Waals surface area (Å²) < 4.78 is 5.85. The molecular weight excluding hydrogens is 1270 g/mol. The topological polar surface area (TPSA) is 435 Å². The van der Waals surface area contributed by atoms with E-state index in [0.29, 0.717) is 74.9 Å². The number of thiazole rings is 1. The predicted octanol–water partition coefficient (Wildman–Crippen LogP) is 1.46. The number of aliphatic hydroxyl groups is 2. The smallest absolute Gasteiger partial charge is 0.408 e. The zero-order valence-corrected chi connectivity index (χ0v) is 54.2. The third-order valence-electron chi connectivity index (χ3n) is 14.7. The molecule has 8 atom stereocenters. The Morgan fingerprint density at radius 3 is 1.64 bits per heavy atom. The van der Waals surface area contributed by atoms with E-state index in [2.05, 4.69) is 57.8 Å². The second kappa shape index (κ2) is 38.0. The SMILES string of the molecule is CC(=O)NCCCC[C@H](NC(=O)[C@H](CO)NC(=O)[C@H](Cc1ccccc1)NC(=O)[C@H](Cc1ccc(O)cc1)NC(=O)[C@H](CCC(=O)O)NC(=O)[C@H](CCCCN(C)C)NC(=O)[C@H](CO)NC(=O)OCc1ccccc1)C(=O)Nc1ccc2nc(C3=N[C@@H](C(=O)O)CS3)sc2c1. The number of fused-ring (bicyclic) bond motifs is 1. The van der Waals surface area contributed by atoms with Crippen LogP contribution in [0.3, 0.4) is 0 Å². The number of hydrogen-bond donors (Lipinski definition) is 14. The van der Waals surface area contributed by atoms with Gasteiger partial charge in [0.2, 0.25) is 47.3 Å². The Balaban J connectivity index is 1.21. The molecule has 0 radical (unpaired) electrons. The Bertz CT molecular complexity index is 3490. The number of aliphatic hydroxyl groups excluding tert-OH is 2. The maximum Gasteiger partial charge on any atom is 0.408 e. The molecule has 9 amide bonds. The lowest BCUT2D eigenvalue weighted by molar-refractivity contribution is -0.139. The Labute approximate surface area is 555 Å². The molecule has 95 heavy (non-hydrogen) atoms. The van der Waals surface area contributed by atoms with Crippen molar-refractivity contribution in [3.05, 3.63) is 125 Å². The Kier molecular flexibility index (Phi) is 29.8. The molecule has 31 heteroatoms. The molecule has 2 heterocycles. The maximum atomic E-state index is 14.8. The van der Waals surface area contributed by atoms with Gasteiger partial charge in [0, 0.05) is 44.2 Å². The molecular formula is C64H80N12O17S2. The summed E-state index contributed by atoms with van der Waals surface area (Å²) in [6, 6.07) is 15.5. The first kappa shape index (κ1) is 74.5. The number of unbranched alkanes of at least 4 members (excludes halogenated alkanes) is 2. The molecule has 4 aromatic carbocycles. The van der Waals surface area contributed by atoms with Gasteiger partial charge in [-0.1, -0.05) is 72.8 Å². The fourth-order valence-electron chi connectivity index (χ4n) is 9.59. The highest BCUT2D eigenvalue weighted by molar-refractivity contribution is 8.15. The van der Waals surface area contributed by atoms with Crippen LogP contribution in [0.4, 0.5) is 10.5 Å². The van der Waals surface area contributed by atoms with Gasteiger partial charge in [0.1, 0.15) is 64.7 Å². The first-order valence-electron chi connectivity index (χ1n) is 30.6. The van der Waals surface area contributed by atoms with Crippen molar-refractivity contribution in [3.8, 4) is 5.75 Å². The third-order valence-corrected chi connectivity index (χ3v) is 16.9. The van der Waals surface area contributed by atoms with Crippen molar-refractivity contribution < 1.29 is 83.0 Å². The Morgan fingerprint density at radius 1 is 0.589 bits per heavy atom. The summed E-state index contributed by atoms with van der Waals surface area (Å²) >= 11 is 2.50. The number of anilines is 1. The van der Waals surface area contributed by atoms with E-state index in [-0.39, 0.29) is 56.2 Å². The highest BCUT2D eigenvalue weighted by atomic mass is 32.2. The normalized spacial score (nSPS) is 14.8. The minimum Gasteiger partial charge on any atom is -0.508 e. The number of alkyl carbamates (subject to hydrolysis) is 1. The van der Waals surface area contributed by atoms with E-state index in [9.17, 15) is 78.3 Å². The number of aromatic nitrogens is 1. The number of aromatic hydroxyl groups is 1. The van der Waals surface area contributed by atoms with Gasteiger partial charge in [0.05, 0.1) is 23.4 Å². The second-order valence-electron chi connectivity index (χ2n) is 22.6. The summed E-state index contributed by atoms with van der Waals surface area (Å²) in [5, 5.41) is 74.3. The van der Waals surface area contributed by atoms with Crippen LogP contribution in [0, 0.1) is 0 Å². The molecule has 0 fully saturated rings. The van der Waals surface area contributed by atoms with Crippen LogP contribution in [0.15, 0.2) is 108 Å². The molecule has 5 aromatic rings. The van der Waals surface area contributed by atoms with Gasteiger partial charge >= 0.3 is 18.0 Å². The van der Waals surface area contributed by atoms with Crippen molar-refractivity contribution in [2.75, 3.05) is 51.5 Å². The number of rotatable bonds is 38. The first-order chi connectivity index (χ1) is 45.5. The van der Waals surface area contributed by atoms with E-state index < -0.39 is 134 Å². The summed E-state index contributed by atoms with van der Waals surface area (Å²) in [6.45, 7) is 0.0959. The average Bonchev–Trinajstić information content (AvgIpc) is 1.69. The van der Waals surface area contributed by atoms with Crippen LogP contribution < -0.4 is 47.9 Å². The van der Waals surface area contributed by atoms with Crippen LogP contribution in [0.1, 0.15) is 80.0 Å². The van der Waals surface area contributed by atoms with Crippen LogP contribution in [0.25, 0.3) is 10.2 Å². The van der Waals surface area contributed by atoms with Crippen molar-refractivity contribution in [2.45, 2.75) is 126 Å². The van der Waals surface area contributed by atoms with Gasteiger partial charge in [0.25, 0.3) is 0 Å².